The first-order valence-electron chi connectivity index (χ1n) is 10.5. The van der Waals surface area contributed by atoms with E-state index in [0.717, 1.165) is 36.3 Å². The predicted molar refractivity (Wildman–Crippen MR) is 126 cm³/mol. The first-order chi connectivity index (χ1) is 15.2. The molecule has 31 heavy (non-hydrogen) atoms. The van der Waals surface area contributed by atoms with E-state index in [0.29, 0.717) is 15.7 Å². The highest BCUT2D eigenvalue weighted by molar-refractivity contribution is 7.15. The van der Waals surface area contributed by atoms with Crippen LogP contribution in [0.3, 0.4) is 0 Å². The standard InChI is InChI=1S/C26H28O4S/c1-3-4-5-6-7-8-19-29-22-13-9-20(10-14-22)21-11-15-23(16-12-21)30-26(27)24-17-18-25(28-2)31-24/h3,9-18H,1,4-8,19H2,2H3. The highest BCUT2D eigenvalue weighted by atomic mass is 32.1. The Balaban J connectivity index is 1.48. The van der Waals surface area contributed by atoms with Crippen LogP contribution in [-0.2, 0) is 0 Å². The Kier molecular flexibility index (Phi) is 8.73. The van der Waals surface area contributed by atoms with Crippen LogP contribution >= 0.6 is 11.3 Å². The van der Waals surface area contributed by atoms with E-state index in [1.165, 1.54) is 30.6 Å². The summed E-state index contributed by atoms with van der Waals surface area (Å²) in [5.41, 5.74) is 2.13. The summed E-state index contributed by atoms with van der Waals surface area (Å²) in [5.74, 6) is 1.00. The van der Waals surface area contributed by atoms with Gasteiger partial charge in [0.15, 0.2) is 5.06 Å². The maximum absolute atomic E-state index is 12.2. The normalized spacial score (nSPS) is 10.5. The molecule has 0 unspecified atom stereocenters. The van der Waals surface area contributed by atoms with Crippen LogP contribution in [0.1, 0.15) is 41.8 Å². The topological polar surface area (TPSA) is 44.8 Å². The Morgan fingerprint density at radius 1 is 0.871 bits per heavy atom. The van der Waals surface area contributed by atoms with E-state index in [2.05, 4.69) is 6.58 Å². The molecule has 3 aromatic rings. The number of unbranched alkanes of at least 4 members (excludes halogenated alkanes) is 4. The first-order valence-corrected chi connectivity index (χ1v) is 11.3. The molecular weight excluding hydrogens is 408 g/mol. The lowest BCUT2D eigenvalue weighted by Gasteiger charge is -2.08. The lowest BCUT2D eigenvalue weighted by Crippen LogP contribution is -2.06. The number of hydrogen-bond donors (Lipinski definition) is 0. The number of carbonyl (C=O) groups excluding carboxylic acids is 1. The van der Waals surface area contributed by atoms with Gasteiger partial charge in [-0.2, -0.15) is 0 Å². The molecule has 0 amide bonds. The first kappa shape index (κ1) is 22.6. The molecule has 3 rings (SSSR count). The van der Waals surface area contributed by atoms with E-state index in [1.807, 2.05) is 42.5 Å². The molecule has 2 aromatic carbocycles. The molecule has 0 N–H and O–H groups in total. The van der Waals surface area contributed by atoms with Crippen LogP contribution in [-0.4, -0.2) is 19.7 Å². The number of methoxy groups -OCH3 is 1. The summed E-state index contributed by atoms with van der Waals surface area (Å²) in [6.07, 6.45) is 7.75. The number of carbonyl (C=O) groups is 1. The number of allylic oxidation sites excluding steroid dienone is 1. The van der Waals surface area contributed by atoms with Crippen molar-refractivity contribution in [2.75, 3.05) is 13.7 Å². The molecular formula is C26H28O4S. The van der Waals surface area contributed by atoms with Crippen molar-refractivity contribution in [3.05, 3.63) is 78.2 Å². The largest absolute Gasteiger partial charge is 0.494 e. The van der Waals surface area contributed by atoms with Crippen molar-refractivity contribution in [3.8, 4) is 27.7 Å². The van der Waals surface area contributed by atoms with Gasteiger partial charge in [-0.25, -0.2) is 4.79 Å². The molecule has 0 spiro atoms. The maximum atomic E-state index is 12.2. The van der Waals surface area contributed by atoms with Crippen molar-refractivity contribution >= 4 is 17.3 Å². The average Bonchev–Trinajstić information content (AvgIpc) is 3.29. The molecule has 1 heterocycles. The minimum atomic E-state index is -0.386. The smallest absolute Gasteiger partial charge is 0.353 e. The molecule has 0 saturated carbocycles. The minimum absolute atomic E-state index is 0.386. The molecule has 5 heteroatoms. The molecule has 0 aliphatic heterocycles. The molecule has 0 aliphatic carbocycles. The van der Waals surface area contributed by atoms with E-state index in [4.69, 9.17) is 14.2 Å². The molecule has 0 aliphatic rings. The Morgan fingerprint density at radius 3 is 2.13 bits per heavy atom. The third-order valence-corrected chi connectivity index (χ3v) is 5.83. The Bertz CT molecular complexity index is 958. The van der Waals surface area contributed by atoms with Crippen molar-refractivity contribution in [1.82, 2.24) is 0 Å². The Labute approximate surface area is 188 Å². The van der Waals surface area contributed by atoms with Crippen molar-refractivity contribution in [2.45, 2.75) is 32.1 Å². The van der Waals surface area contributed by atoms with Crippen LogP contribution in [0.4, 0.5) is 0 Å². The number of rotatable bonds is 12. The second kappa shape index (κ2) is 12.0. The van der Waals surface area contributed by atoms with E-state index in [-0.39, 0.29) is 5.97 Å². The lowest BCUT2D eigenvalue weighted by molar-refractivity contribution is 0.0740. The highest BCUT2D eigenvalue weighted by Crippen LogP contribution is 2.27. The van der Waals surface area contributed by atoms with Crippen LogP contribution in [0.5, 0.6) is 16.6 Å². The van der Waals surface area contributed by atoms with Crippen LogP contribution in [0.25, 0.3) is 11.1 Å². The second-order valence-electron chi connectivity index (χ2n) is 7.10. The van der Waals surface area contributed by atoms with Gasteiger partial charge in [-0.3, -0.25) is 0 Å². The summed E-state index contributed by atoms with van der Waals surface area (Å²) in [4.78, 5) is 12.7. The van der Waals surface area contributed by atoms with Crippen molar-refractivity contribution in [2.24, 2.45) is 0 Å². The molecule has 4 nitrogen and oxygen atoms in total. The van der Waals surface area contributed by atoms with Crippen LogP contribution < -0.4 is 14.2 Å². The zero-order chi connectivity index (χ0) is 21.9. The summed E-state index contributed by atoms with van der Waals surface area (Å²) in [6.45, 7) is 4.49. The predicted octanol–water partition coefficient (Wildman–Crippen LogP) is 7.16. The van der Waals surface area contributed by atoms with Crippen LogP contribution in [0.15, 0.2) is 73.3 Å². The van der Waals surface area contributed by atoms with Gasteiger partial charge in [0.1, 0.15) is 16.4 Å². The van der Waals surface area contributed by atoms with Gasteiger partial charge in [0, 0.05) is 0 Å². The summed E-state index contributed by atoms with van der Waals surface area (Å²) in [7, 11) is 1.57. The van der Waals surface area contributed by atoms with Crippen molar-refractivity contribution < 1.29 is 19.0 Å². The fourth-order valence-corrected chi connectivity index (χ4v) is 3.79. The van der Waals surface area contributed by atoms with Crippen molar-refractivity contribution in [1.29, 1.82) is 0 Å². The van der Waals surface area contributed by atoms with Gasteiger partial charge in [0.05, 0.1) is 13.7 Å². The monoisotopic (exact) mass is 436 g/mol. The lowest BCUT2D eigenvalue weighted by atomic mass is 10.1. The second-order valence-corrected chi connectivity index (χ2v) is 8.15. The van der Waals surface area contributed by atoms with Gasteiger partial charge in [-0.05, 0) is 66.8 Å². The van der Waals surface area contributed by atoms with E-state index in [9.17, 15) is 4.79 Å². The van der Waals surface area contributed by atoms with E-state index in [1.54, 1.807) is 31.4 Å². The number of hydrogen-bond acceptors (Lipinski definition) is 5. The Morgan fingerprint density at radius 2 is 1.52 bits per heavy atom. The molecule has 1 aromatic heterocycles. The molecule has 0 atom stereocenters. The zero-order valence-electron chi connectivity index (χ0n) is 17.8. The van der Waals surface area contributed by atoms with Gasteiger partial charge in [-0.15, -0.1) is 6.58 Å². The fraction of sp³-hybridized carbons (Fsp3) is 0.269. The molecule has 162 valence electrons. The SMILES string of the molecule is C=CCCCCCCOc1ccc(-c2ccc(OC(=O)c3ccc(OC)s3)cc2)cc1. The van der Waals surface area contributed by atoms with Gasteiger partial charge in [-0.1, -0.05) is 54.5 Å². The molecule has 0 radical (unpaired) electrons. The number of thiophene rings is 1. The maximum Gasteiger partial charge on any atom is 0.353 e. The average molecular weight is 437 g/mol. The van der Waals surface area contributed by atoms with E-state index >= 15 is 0 Å². The molecule has 0 fully saturated rings. The van der Waals surface area contributed by atoms with Crippen LogP contribution in [0.2, 0.25) is 0 Å². The molecule has 0 bridgehead atoms. The number of esters is 1. The number of benzene rings is 2. The summed E-state index contributed by atoms with van der Waals surface area (Å²) in [5, 5.41) is 0.679. The number of ether oxygens (including phenoxy) is 3. The van der Waals surface area contributed by atoms with Crippen molar-refractivity contribution in [3.63, 3.8) is 0 Å². The van der Waals surface area contributed by atoms with Crippen LogP contribution in [0, 0.1) is 0 Å². The zero-order valence-corrected chi connectivity index (χ0v) is 18.7. The summed E-state index contributed by atoms with van der Waals surface area (Å²) < 4.78 is 16.4. The van der Waals surface area contributed by atoms with Gasteiger partial charge < -0.3 is 14.2 Å². The third kappa shape index (κ3) is 7.00. The fourth-order valence-electron chi connectivity index (χ4n) is 3.09. The van der Waals surface area contributed by atoms with E-state index < -0.39 is 0 Å². The quantitative estimate of drug-likeness (QED) is 0.131. The summed E-state index contributed by atoms with van der Waals surface area (Å²) >= 11 is 1.26. The molecule has 0 saturated heterocycles. The van der Waals surface area contributed by atoms with Gasteiger partial charge in [0.2, 0.25) is 0 Å². The highest BCUT2D eigenvalue weighted by Gasteiger charge is 2.12. The Hall–Kier alpha value is -3.05. The van der Waals surface area contributed by atoms with Gasteiger partial charge in [0.25, 0.3) is 0 Å². The third-order valence-electron chi connectivity index (χ3n) is 4.81. The minimum Gasteiger partial charge on any atom is -0.494 e. The van der Waals surface area contributed by atoms with Gasteiger partial charge >= 0.3 is 5.97 Å². The summed E-state index contributed by atoms with van der Waals surface area (Å²) in [6, 6.07) is 19.0.